The normalized spacial score (nSPS) is 14.9. The lowest BCUT2D eigenvalue weighted by molar-refractivity contribution is 0.202. The van der Waals surface area contributed by atoms with Crippen LogP contribution in [0.15, 0.2) is 24.3 Å². The topological polar surface area (TPSA) is 29.3 Å². The molecule has 108 valence electrons. The highest BCUT2D eigenvalue weighted by Crippen LogP contribution is 2.19. The van der Waals surface area contributed by atoms with E-state index in [9.17, 15) is 0 Å². The van der Waals surface area contributed by atoms with Gasteiger partial charge in [0.1, 0.15) is 0 Å². The van der Waals surface area contributed by atoms with Crippen molar-refractivity contribution in [3.8, 4) is 0 Å². The maximum Gasteiger partial charge on any atom is 0.0424 e. The average Bonchev–Trinajstić information content (AvgIpc) is 2.43. The van der Waals surface area contributed by atoms with Gasteiger partial charge in [0.05, 0.1) is 0 Å². The van der Waals surface area contributed by atoms with Crippen molar-refractivity contribution in [3.05, 3.63) is 35.4 Å². The highest BCUT2D eigenvalue weighted by molar-refractivity contribution is 5.26. The summed E-state index contributed by atoms with van der Waals surface area (Å²) in [6.45, 7) is 13.2. The maximum atomic E-state index is 6.35. The molecule has 2 atom stereocenters. The number of nitrogens with zero attached hydrogens (tertiary/aromatic N) is 1. The van der Waals surface area contributed by atoms with E-state index in [0.717, 1.165) is 13.1 Å². The number of rotatable bonds is 7. The molecular formula is C17H30N2. The number of hydrogen-bond acceptors (Lipinski definition) is 2. The van der Waals surface area contributed by atoms with Crippen molar-refractivity contribution in [2.75, 3.05) is 13.1 Å². The van der Waals surface area contributed by atoms with Crippen molar-refractivity contribution in [3.63, 3.8) is 0 Å². The summed E-state index contributed by atoms with van der Waals surface area (Å²) in [5.41, 5.74) is 8.97. The van der Waals surface area contributed by atoms with Gasteiger partial charge >= 0.3 is 0 Å². The van der Waals surface area contributed by atoms with Gasteiger partial charge in [-0.3, -0.25) is 4.90 Å². The van der Waals surface area contributed by atoms with Gasteiger partial charge in [-0.15, -0.1) is 0 Å². The Hall–Kier alpha value is -0.860. The van der Waals surface area contributed by atoms with Crippen LogP contribution in [0.2, 0.25) is 0 Å². The summed E-state index contributed by atoms with van der Waals surface area (Å²) in [6.07, 6.45) is 1.17. The first-order chi connectivity index (χ1) is 8.99. The molecule has 0 aliphatic rings. The Balaban J connectivity index is 2.68. The summed E-state index contributed by atoms with van der Waals surface area (Å²) in [4.78, 5) is 2.46. The van der Waals surface area contributed by atoms with Crippen LogP contribution < -0.4 is 5.73 Å². The molecule has 0 fully saturated rings. The molecule has 2 N–H and O–H groups in total. The quantitative estimate of drug-likeness (QED) is 0.806. The summed E-state index contributed by atoms with van der Waals surface area (Å²) >= 11 is 0. The zero-order valence-electron chi connectivity index (χ0n) is 13.2. The van der Waals surface area contributed by atoms with Gasteiger partial charge in [0.2, 0.25) is 0 Å². The number of likely N-dealkylation sites (N-methyl/N-ethyl adjacent to an activating group) is 1. The van der Waals surface area contributed by atoms with Crippen LogP contribution in [-0.4, -0.2) is 24.0 Å². The minimum Gasteiger partial charge on any atom is -0.323 e. The monoisotopic (exact) mass is 262 g/mol. The molecule has 0 aliphatic heterocycles. The van der Waals surface area contributed by atoms with Crippen LogP contribution in [0.1, 0.15) is 64.1 Å². The van der Waals surface area contributed by atoms with Crippen molar-refractivity contribution >= 4 is 0 Å². The molecule has 0 saturated carbocycles. The molecule has 0 aliphatic carbocycles. The van der Waals surface area contributed by atoms with E-state index in [1.54, 1.807) is 0 Å². The first-order valence-electron chi connectivity index (χ1n) is 7.59. The van der Waals surface area contributed by atoms with Crippen LogP contribution in [0.3, 0.4) is 0 Å². The Morgan fingerprint density at radius 2 is 1.53 bits per heavy atom. The minimum absolute atomic E-state index is 0.107. The molecule has 0 heterocycles. The summed E-state index contributed by atoms with van der Waals surface area (Å²) < 4.78 is 0. The lowest BCUT2D eigenvalue weighted by Crippen LogP contribution is -2.38. The van der Waals surface area contributed by atoms with E-state index in [-0.39, 0.29) is 6.04 Å². The Bertz CT molecular complexity index is 356. The van der Waals surface area contributed by atoms with E-state index in [1.807, 2.05) is 0 Å². The smallest absolute Gasteiger partial charge is 0.0424 e. The van der Waals surface area contributed by atoms with Crippen LogP contribution in [0.4, 0.5) is 0 Å². The Morgan fingerprint density at radius 1 is 1.00 bits per heavy atom. The fourth-order valence-corrected chi connectivity index (χ4v) is 2.37. The van der Waals surface area contributed by atoms with Gasteiger partial charge in [-0.2, -0.15) is 0 Å². The highest BCUT2D eigenvalue weighted by Gasteiger charge is 2.15. The molecule has 2 nitrogen and oxygen atoms in total. The molecule has 0 aromatic heterocycles. The van der Waals surface area contributed by atoms with Crippen LogP contribution in [0.25, 0.3) is 0 Å². The lowest BCUT2D eigenvalue weighted by Gasteiger charge is -2.29. The van der Waals surface area contributed by atoms with Crippen LogP contribution >= 0.6 is 0 Å². The molecule has 1 aromatic carbocycles. The van der Waals surface area contributed by atoms with Gasteiger partial charge in [0.15, 0.2) is 0 Å². The van der Waals surface area contributed by atoms with E-state index in [4.69, 9.17) is 5.73 Å². The summed E-state index contributed by atoms with van der Waals surface area (Å²) in [7, 11) is 0. The molecular weight excluding hydrogens is 232 g/mol. The van der Waals surface area contributed by atoms with Gasteiger partial charge in [-0.1, -0.05) is 52.0 Å². The second kappa shape index (κ2) is 7.66. The van der Waals surface area contributed by atoms with Crippen LogP contribution in [0, 0.1) is 0 Å². The molecule has 2 unspecified atom stereocenters. The first kappa shape index (κ1) is 16.2. The predicted molar refractivity (Wildman–Crippen MR) is 84.5 cm³/mol. The Morgan fingerprint density at radius 3 is 1.95 bits per heavy atom. The fraction of sp³-hybridized carbons (Fsp3) is 0.647. The second-order valence-corrected chi connectivity index (χ2v) is 5.77. The largest absolute Gasteiger partial charge is 0.323 e. The predicted octanol–water partition coefficient (Wildman–Crippen LogP) is 3.93. The summed E-state index contributed by atoms with van der Waals surface area (Å²) in [5.74, 6) is 0.581. The van der Waals surface area contributed by atoms with E-state index in [0.29, 0.717) is 12.0 Å². The van der Waals surface area contributed by atoms with Crippen molar-refractivity contribution in [1.82, 2.24) is 4.90 Å². The Kier molecular flexibility index (Phi) is 6.53. The minimum atomic E-state index is 0.107. The van der Waals surface area contributed by atoms with Crippen LogP contribution in [-0.2, 0) is 0 Å². The summed E-state index contributed by atoms with van der Waals surface area (Å²) in [5, 5.41) is 0. The zero-order valence-corrected chi connectivity index (χ0v) is 13.2. The van der Waals surface area contributed by atoms with Gasteiger partial charge in [-0.25, -0.2) is 0 Å². The van der Waals surface area contributed by atoms with E-state index in [1.165, 1.54) is 17.5 Å². The van der Waals surface area contributed by atoms with Gasteiger partial charge in [0, 0.05) is 18.6 Å². The molecule has 0 amide bonds. The molecule has 0 bridgehead atoms. The number of nitrogens with two attached hydrogens (primary N) is 1. The van der Waals surface area contributed by atoms with Crippen molar-refractivity contribution < 1.29 is 0 Å². The Labute approximate surface area is 119 Å². The standard InChI is InChI=1S/C17H30N2/c1-6-14(5)19(7-2)12-17(18)16-10-8-15(9-11-16)13(3)4/h8-11,13-14,17H,6-7,12,18H2,1-5H3. The maximum absolute atomic E-state index is 6.35. The third-order valence-corrected chi connectivity index (χ3v) is 4.08. The molecule has 0 saturated heterocycles. The first-order valence-corrected chi connectivity index (χ1v) is 7.59. The van der Waals surface area contributed by atoms with Gasteiger partial charge < -0.3 is 5.73 Å². The van der Waals surface area contributed by atoms with Gasteiger partial charge in [-0.05, 0) is 36.9 Å². The molecule has 1 rings (SSSR count). The summed E-state index contributed by atoms with van der Waals surface area (Å²) in [6, 6.07) is 9.49. The molecule has 0 spiro atoms. The second-order valence-electron chi connectivity index (χ2n) is 5.77. The molecule has 1 aromatic rings. The number of hydrogen-bond donors (Lipinski definition) is 1. The van der Waals surface area contributed by atoms with E-state index >= 15 is 0 Å². The fourth-order valence-electron chi connectivity index (χ4n) is 2.37. The zero-order chi connectivity index (χ0) is 14.4. The van der Waals surface area contributed by atoms with Crippen molar-refractivity contribution in [2.24, 2.45) is 5.73 Å². The van der Waals surface area contributed by atoms with Crippen molar-refractivity contribution in [2.45, 2.75) is 59.0 Å². The lowest BCUT2D eigenvalue weighted by atomic mass is 9.99. The third-order valence-electron chi connectivity index (χ3n) is 4.08. The van der Waals surface area contributed by atoms with Crippen LogP contribution in [0.5, 0.6) is 0 Å². The van der Waals surface area contributed by atoms with E-state index in [2.05, 4.69) is 63.8 Å². The number of benzene rings is 1. The molecule has 2 heteroatoms. The SMILES string of the molecule is CCC(C)N(CC)CC(N)c1ccc(C(C)C)cc1. The van der Waals surface area contributed by atoms with Gasteiger partial charge in [0.25, 0.3) is 0 Å². The van der Waals surface area contributed by atoms with Crippen molar-refractivity contribution in [1.29, 1.82) is 0 Å². The molecule has 0 radical (unpaired) electrons. The third kappa shape index (κ3) is 4.63. The highest BCUT2D eigenvalue weighted by atomic mass is 15.2. The average molecular weight is 262 g/mol. The molecule has 19 heavy (non-hydrogen) atoms. The van der Waals surface area contributed by atoms with E-state index < -0.39 is 0 Å².